The average molecular weight is 451 g/mol. The minimum absolute atomic E-state index is 0.000410. The number of benzene rings is 1. The van der Waals surface area contributed by atoms with Crippen molar-refractivity contribution in [1.82, 2.24) is 14.5 Å². The van der Waals surface area contributed by atoms with Crippen LogP contribution in [0.5, 0.6) is 0 Å². The van der Waals surface area contributed by atoms with Gasteiger partial charge in [0.15, 0.2) is 5.82 Å². The molecule has 0 saturated heterocycles. The lowest BCUT2D eigenvalue weighted by Crippen LogP contribution is -2.22. The van der Waals surface area contributed by atoms with Gasteiger partial charge in [0.25, 0.3) is 0 Å². The molecule has 0 fully saturated rings. The van der Waals surface area contributed by atoms with Gasteiger partial charge in [-0.25, -0.2) is 14.2 Å². The molecule has 4 aromatic rings. The lowest BCUT2D eigenvalue weighted by atomic mass is 10.1. The zero-order valence-corrected chi connectivity index (χ0v) is 17.4. The number of hydrogen-bond acceptors (Lipinski definition) is 5. The second-order valence-electron chi connectivity index (χ2n) is 7.53. The minimum atomic E-state index is -1.37. The molecule has 1 N–H and O–H groups in total. The Morgan fingerprint density at radius 3 is 2.75 bits per heavy atom. The number of hydrogen-bond donors (Lipinski definition) is 1. The maximum absolute atomic E-state index is 14.3. The van der Waals surface area contributed by atoms with Crippen LogP contribution >= 0.6 is 11.6 Å². The van der Waals surface area contributed by atoms with E-state index in [9.17, 15) is 19.1 Å². The summed E-state index contributed by atoms with van der Waals surface area (Å²) in [5.74, 6) is -1.37. The second kappa shape index (κ2) is 7.72. The van der Waals surface area contributed by atoms with E-state index in [0.717, 1.165) is 11.3 Å². The molecule has 32 heavy (non-hydrogen) atoms. The molecule has 0 saturated carbocycles. The van der Waals surface area contributed by atoms with Crippen LogP contribution in [0.25, 0.3) is 11.0 Å². The van der Waals surface area contributed by atoms with E-state index in [-0.39, 0.29) is 22.6 Å². The van der Waals surface area contributed by atoms with E-state index in [2.05, 4.69) is 9.97 Å². The first-order chi connectivity index (χ1) is 15.4. The lowest BCUT2D eigenvalue weighted by molar-refractivity contribution is 0.0695. The highest BCUT2D eigenvalue weighted by molar-refractivity contribution is 6.33. The van der Waals surface area contributed by atoms with Crippen LogP contribution in [-0.4, -0.2) is 25.6 Å². The Morgan fingerprint density at radius 2 is 2.00 bits per heavy atom. The van der Waals surface area contributed by atoms with Gasteiger partial charge in [-0.1, -0.05) is 35.9 Å². The van der Waals surface area contributed by atoms with E-state index in [1.54, 1.807) is 24.4 Å². The Morgan fingerprint density at radius 1 is 1.19 bits per heavy atom. The maximum Gasteiger partial charge on any atom is 0.341 e. The highest BCUT2D eigenvalue weighted by Crippen LogP contribution is 2.32. The maximum atomic E-state index is 14.3. The molecule has 0 aliphatic carbocycles. The fourth-order valence-corrected chi connectivity index (χ4v) is 4.20. The predicted molar refractivity (Wildman–Crippen MR) is 118 cm³/mol. The molecule has 9 heteroatoms. The number of nitrogens with zero attached hydrogens (tertiary/aromatic N) is 4. The highest BCUT2D eigenvalue weighted by atomic mass is 35.5. The molecule has 160 valence electrons. The quantitative estimate of drug-likeness (QED) is 0.508. The van der Waals surface area contributed by atoms with E-state index in [1.165, 1.54) is 22.9 Å². The lowest BCUT2D eigenvalue weighted by Gasteiger charge is -2.20. The number of fused-ring (bicyclic) bond motifs is 2. The monoisotopic (exact) mass is 450 g/mol. The topological polar surface area (TPSA) is 88.3 Å². The molecule has 3 aromatic heterocycles. The average Bonchev–Trinajstić information content (AvgIpc) is 3.20. The standard InChI is InChI=1S/C23H16ClFN4O3/c24-17-8-15-20(30)16(23(31)32)11-28(9-13-4-1-2-6-18(13)25)21(15)27-22(17)29-10-14-5-3-7-26-19(14)12-29/h1-8,11H,9-10,12H2,(H,31,32). The highest BCUT2D eigenvalue weighted by Gasteiger charge is 2.25. The van der Waals surface area contributed by atoms with Crippen molar-refractivity contribution in [2.75, 3.05) is 4.90 Å². The number of anilines is 1. The Hall–Kier alpha value is -3.78. The fourth-order valence-electron chi connectivity index (χ4n) is 3.93. The molecule has 1 aromatic carbocycles. The van der Waals surface area contributed by atoms with Gasteiger partial charge in [-0.05, 0) is 23.8 Å². The van der Waals surface area contributed by atoms with Crippen LogP contribution in [-0.2, 0) is 19.6 Å². The van der Waals surface area contributed by atoms with Gasteiger partial charge in [-0.2, -0.15) is 0 Å². The van der Waals surface area contributed by atoms with Crippen LogP contribution in [0.1, 0.15) is 27.2 Å². The molecular weight excluding hydrogens is 435 g/mol. The van der Waals surface area contributed by atoms with Crippen molar-refractivity contribution in [3.63, 3.8) is 0 Å². The van der Waals surface area contributed by atoms with Crippen molar-refractivity contribution < 1.29 is 14.3 Å². The van der Waals surface area contributed by atoms with Crippen molar-refractivity contribution in [2.45, 2.75) is 19.6 Å². The Balaban J connectivity index is 1.68. The van der Waals surface area contributed by atoms with Gasteiger partial charge in [0.05, 0.1) is 29.2 Å². The fraction of sp³-hybridized carbons (Fsp3) is 0.130. The molecule has 1 aliphatic rings. The van der Waals surface area contributed by atoms with Gasteiger partial charge in [0.1, 0.15) is 17.0 Å². The zero-order chi connectivity index (χ0) is 22.4. The third-order valence-electron chi connectivity index (χ3n) is 5.50. The number of rotatable bonds is 4. The third kappa shape index (κ3) is 3.38. The summed E-state index contributed by atoms with van der Waals surface area (Å²) in [5.41, 5.74) is 1.41. The zero-order valence-electron chi connectivity index (χ0n) is 16.6. The molecule has 0 bridgehead atoms. The van der Waals surface area contributed by atoms with Crippen LogP contribution in [0, 0.1) is 5.82 Å². The summed E-state index contributed by atoms with van der Waals surface area (Å²) in [5, 5.41) is 9.80. The molecule has 0 amide bonds. The molecule has 1 aliphatic heterocycles. The van der Waals surface area contributed by atoms with Gasteiger partial charge in [-0.3, -0.25) is 9.78 Å². The first-order valence-corrected chi connectivity index (χ1v) is 10.2. The van der Waals surface area contributed by atoms with E-state index in [1.807, 2.05) is 17.0 Å². The molecule has 5 rings (SSSR count). The summed E-state index contributed by atoms with van der Waals surface area (Å²) in [4.78, 5) is 35.4. The summed E-state index contributed by atoms with van der Waals surface area (Å²) in [7, 11) is 0. The van der Waals surface area contributed by atoms with Crippen LogP contribution < -0.4 is 10.3 Å². The summed E-state index contributed by atoms with van der Waals surface area (Å²) in [6, 6.07) is 11.4. The van der Waals surface area contributed by atoms with Crippen LogP contribution in [0.4, 0.5) is 10.2 Å². The van der Waals surface area contributed by atoms with Crippen LogP contribution in [0.15, 0.2) is 59.7 Å². The number of halogens is 2. The SMILES string of the molecule is O=C(O)c1cn(Cc2ccccc2F)c2nc(N3Cc4cccnc4C3)c(Cl)cc2c1=O. The van der Waals surface area contributed by atoms with Crippen LogP contribution in [0.3, 0.4) is 0 Å². The first kappa shape index (κ1) is 20.1. The predicted octanol–water partition coefficient (Wildman–Crippen LogP) is 3.85. The summed E-state index contributed by atoms with van der Waals surface area (Å²) >= 11 is 6.49. The van der Waals surface area contributed by atoms with Gasteiger partial charge in [0.2, 0.25) is 5.43 Å². The first-order valence-electron chi connectivity index (χ1n) is 9.80. The van der Waals surface area contributed by atoms with Gasteiger partial charge < -0.3 is 14.6 Å². The van der Waals surface area contributed by atoms with E-state index in [0.29, 0.717) is 24.5 Å². The Bertz CT molecular complexity index is 1430. The molecule has 0 atom stereocenters. The van der Waals surface area contributed by atoms with Gasteiger partial charge in [-0.15, -0.1) is 0 Å². The molecule has 0 spiro atoms. The number of aromatic nitrogens is 3. The Labute approximate surface area is 186 Å². The van der Waals surface area contributed by atoms with Gasteiger partial charge >= 0.3 is 5.97 Å². The number of carboxylic acid groups (broad SMARTS) is 1. The van der Waals surface area contributed by atoms with Crippen molar-refractivity contribution >= 4 is 34.4 Å². The number of pyridine rings is 3. The van der Waals surface area contributed by atoms with E-state index < -0.39 is 22.8 Å². The molecule has 4 heterocycles. The number of aromatic carboxylic acids is 1. The molecule has 0 radical (unpaired) electrons. The molecule has 0 unspecified atom stereocenters. The van der Waals surface area contributed by atoms with Crippen molar-refractivity contribution in [3.8, 4) is 0 Å². The van der Waals surface area contributed by atoms with Crippen LogP contribution in [0.2, 0.25) is 5.02 Å². The van der Waals surface area contributed by atoms with Crippen molar-refractivity contribution in [2.24, 2.45) is 0 Å². The summed E-state index contributed by atoms with van der Waals surface area (Å²) in [6.45, 7) is 1.05. The van der Waals surface area contributed by atoms with Gasteiger partial charge in [0, 0.05) is 24.5 Å². The molecular formula is C23H16ClFN4O3. The number of carbonyl (C=O) groups is 1. The third-order valence-corrected chi connectivity index (χ3v) is 5.78. The minimum Gasteiger partial charge on any atom is -0.477 e. The van der Waals surface area contributed by atoms with E-state index in [4.69, 9.17) is 11.6 Å². The normalized spacial score (nSPS) is 12.9. The Kier molecular flexibility index (Phi) is 4.86. The largest absolute Gasteiger partial charge is 0.477 e. The van der Waals surface area contributed by atoms with E-state index >= 15 is 0 Å². The summed E-state index contributed by atoms with van der Waals surface area (Å²) in [6.07, 6.45) is 2.92. The smallest absolute Gasteiger partial charge is 0.341 e. The van der Waals surface area contributed by atoms with Crippen molar-refractivity contribution in [3.05, 3.63) is 98.3 Å². The second-order valence-corrected chi connectivity index (χ2v) is 7.93. The van der Waals surface area contributed by atoms with Crippen molar-refractivity contribution in [1.29, 1.82) is 0 Å². The number of carboxylic acids is 1. The molecule has 7 nitrogen and oxygen atoms in total. The summed E-state index contributed by atoms with van der Waals surface area (Å²) < 4.78 is 15.8.